The zero-order valence-electron chi connectivity index (χ0n) is 9.72. The molecule has 0 atom stereocenters. The Morgan fingerprint density at radius 1 is 1.17 bits per heavy atom. The van der Waals surface area contributed by atoms with Crippen LogP contribution in [-0.2, 0) is 10.0 Å². The van der Waals surface area contributed by atoms with Crippen molar-refractivity contribution < 1.29 is 8.42 Å². The van der Waals surface area contributed by atoms with Crippen LogP contribution in [0, 0.1) is 0 Å². The van der Waals surface area contributed by atoms with E-state index in [1.807, 2.05) is 24.3 Å². The molecule has 1 aromatic carbocycles. The summed E-state index contributed by atoms with van der Waals surface area (Å²) in [5, 5.41) is 0.327. The highest BCUT2D eigenvalue weighted by molar-refractivity contribution is 7.90. The van der Waals surface area contributed by atoms with Crippen LogP contribution in [-0.4, -0.2) is 44.1 Å². The lowest BCUT2D eigenvalue weighted by Crippen LogP contribution is -2.49. The van der Waals surface area contributed by atoms with E-state index < -0.39 is 10.0 Å². The molecule has 0 saturated carbocycles. The molecule has 0 amide bonds. The Labute approximate surface area is 117 Å². The van der Waals surface area contributed by atoms with Crippen LogP contribution in [0.4, 0.5) is 5.69 Å². The van der Waals surface area contributed by atoms with Crippen molar-refractivity contribution in [3.8, 4) is 0 Å². The maximum absolute atomic E-state index is 11.6. The van der Waals surface area contributed by atoms with Crippen LogP contribution in [0.15, 0.2) is 24.3 Å². The van der Waals surface area contributed by atoms with Crippen molar-refractivity contribution in [3.63, 3.8) is 0 Å². The molecule has 1 heterocycles. The number of rotatable bonds is 3. The molecule has 18 heavy (non-hydrogen) atoms. The Morgan fingerprint density at radius 2 is 1.83 bits per heavy atom. The third-order valence-corrected chi connectivity index (χ3v) is 5.43. The Bertz CT molecular complexity index is 514. The number of nitrogens with zero attached hydrogens (tertiary/aromatic N) is 2. The zero-order valence-corrected chi connectivity index (χ0v) is 12.0. The number of alkyl halides is 1. The van der Waals surface area contributed by atoms with Crippen molar-refractivity contribution in [1.82, 2.24) is 4.31 Å². The van der Waals surface area contributed by atoms with Gasteiger partial charge in [-0.25, -0.2) is 8.42 Å². The number of benzene rings is 1. The van der Waals surface area contributed by atoms with Crippen LogP contribution in [0.2, 0.25) is 5.02 Å². The molecule has 100 valence electrons. The standard InChI is InChI=1S/C11H14Cl2N2O2S/c12-9-18(16,17)15-6-4-14(5-7-15)11-3-1-2-10(13)8-11/h1-3,8H,4-7,9H2. The van der Waals surface area contributed by atoms with Gasteiger partial charge in [-0.15, -0.1) is 11.6 Å². The molecule has 0 radical (unpaired) electrons. The minimum atomic E-state index is -3.29. The fraction of sp³-hybridized carbons (Fsp3) is 0.455. The molecule has 1 fully saturated rings. The Kier molecular flexibility index (Phi) is 4.37. The van der Waals surface area contributed by atoms with Crippen LogP contribution in [0.3, 0.4) is 0 Å². The van der Waals surface area contributed by atoms with E-state index in [2.05, 4.69) is 4.90 Å². The van der Waals surface area contributed by atoms with E-state index in [-0.39, 0.29) is 5.21 Å². The molecule has 1 saturated heterocycles. The molecule has 4 nitrogen and oxygen atoms in total. The smallest absolute Gasteiger partial charge is 0.228 e. The van der Waals surface area contributed by atoms with Crippen LogP contribution in [0.1, 0.15) is 0 Å². The highest BCUT2D eigenvalue weighted by atomic mass is 35.5. The van der Waals surface area contributed by atoms with Gasteiger partial charge in [-0.05, 0) is 18.2 Å². The number of halogens is 2. The summed E-state index contributed by atoms with van der Waals surface area (Å²) in [5.74, 6) is 0. The predicted molar refractivity (Wildman–Crippen MR) is 74.9 cm³/mol. The number of sulfonamides is 1. The average Bonchev–Trinajstić information content (AvgIpc) is 2.39. The van der Waals surface area contributed by atoms with E-state index in [0.29, 0.717) is 31.2 Å². The minimum Gasteiger partial charge on any atom is -0.369 e. The Balaban J connectivity index is 2.03. The maximum Gasteiger partial charge on any atom is 0.228 e. The number of hydrogen-bond donors (Lipinski definition) is 0. The molecule has 0 bridgehead atoms. The molecule has 0 aromatic heterocycles. The van der Waals surface area contributed by atoms with Crippen LogP contribution < -0.4 is 4.90 Å². The van der Waals surface area contributed by atoms with Gasteiger partial charge in [-0.2, -0.15) is 4.31 Å². The van der Waals surface area contributed by atoms with E-state index in [1.165, 1.54) is 4.31 Å². The molecule has 1 aliphatic heterocycles. The van der Waals surface area contributed by atoms with Gasteiger partial charge in [0.25, 0.3) is 0 Å². The SMILES string of the molecule is O=S(=O)(CCl)N1CCN(c2cccc(Cl)c2)CC1. The van der Waals surface area contributed by atoms with Crippen LogP contribution >= 0.6 is 23.2 Å². The summed E-state index contributed by atoms with van der Waals surface area (Å²) in [5.41, 5.74) is 1.02. The summed E-state index contributed by atoms with van der Waals surface area (Å²) in [4.78, 5) is 2.12. The lowest BCUT2D eigenvalue weighted by atomic mass is 10.2. The van der Waals surface area contributed by atoms with Crippen LogP contribution in [0.5, 0.6) is 0 Å². The fourth-order valence-electron chi connectivity index (χ4n) is 1.97. The lowest BCUT2D eigenvalue weighted by molar-refractivity contribution is 0.387. The van der Waals surface area contributed by atoms with Crippen molar-refractivity contribution in [2.75, 3.05) is 36.3 Å². The van der Waals surface area contributed by atoms with Crippen LogP contribution in [0.25, 0.3) is 0 Å². The summed E-state index contributed by atoms with van der Waals surface area (Å²) < 4.78 is 24.6. The van der Waals surface area contributed by atoms with E-state index in [0.717, 1.165) is 5.69 Å². The summed E-state index contributed by atoms with van der Waals surface area (Å²) in [6.45, 7) is 2.22. The first kappa shape index (κ1) is 13.9. The van der Waals surface area contributed by atoms with Gasteiger partial charge in [0.15, 0.2) is 0 Å². The van der Waals surface area contributed by atoms with Gasteiger partial charge in [0.2, 0.25) is 10.0 Å². The Morgan fingerprint density at radius 3 is 2.39 bits per heavy atom. The van der Waals surface area contributed by atoms with Gasteiger partial charge in [-0.3, -0.25) is 0 Å². The second-order valence-corrected chi connectivity index (χ2v) is 7.08. The average molecular weight is 309 g/mol. The first-order chi connectivity index (χ1) is 8.53. The quantitative estimate of drug-likeness (QED) is 0.802. The third-order valence-electron chi connectivity index (χ3n) is 2.94. The highest BCUT2D eigenvalue weighted by Crippen LogP contribution is 2.21. The molecule has 0 N–H and O–H groups in total. The zero-order chi connectivity index (χ0) is 13.2. The predicted octanol–water partition coefficient (Wildman–Crippen LogP) is 1.99. The van der Waals surface area contributed by atoms with Crippen molar-refractivity contribution in [2.45, 2.75) is 0 Å². The van der Waals surface area contributed by atoms with Gasteiger partial charge in [0.1, 0.15) is 5.21 Å². The largest absolute Gasteiger partial charge is 0.369 e. The van der Waals surface area contributed by atoms with Gasteiger partial charge in [-0.1, -0.05) is 17.7 Å². The molecule has 1 aliphatic rings. The monoisotopic (exact) mass is 308 g/mol. The molecule has 0 spiro atoms. The molecule has 0 unspecified atom stereocenters. The van der Waals surface area contributed by atoms with Gasteiger partial charge in [0.05, 0.1) is 0 Å². The molecule has 2 rings (SSSR count). The van der Waals surface area contributed by atoms with E-state index in [4.69, 9.17) is 23.2 Å². The maximum atomic E-state index is 11.6. The summed E-state index contributed by atoms with van der Waals surface area (Å²) in [6.07, 6.45) is 0. The molecular weight excluding hydrogens is 295 g/mol. The second-order valence-electron chi connectivity index (χ2n) is 4.09. The van der Waals surface area contributed by atoms with E-state index in [9.17, 15) is 8.42 Å². The summed E-state index contributed by atoms with van der Waals surface area (Å²) >= 11 is 11.4. The van der Waals surface area contributed by atoms with Crippen molar-refractivity contribution in [3.05, 3.63) is 29.3 Å². The second kappa shape index (κ2) is 5.65. The fourth-order valence-corrected chi connectivity index (χ4v) is 3.42. The van der Waals surface area contributed by atoms with Gasteiger partial charge in [0, 0.05) is 36.9 Å². The van der Waals surface area contributed by atoms with Gasteiger partial charge >= 0.3 is 0 Å². The molecule has 1 aromatic rings. The topological polar surface area (TPSA) is 40.6 Å². The molecule has 0 aliphatic carbocycles. The summed E-state index contributed by atoms with van der Waals surface area (Å²) in [6, 6.07) is 7.56. The normalized spacial score (nSPS) is 18.0. The third kappa shape index (κ3) is 3.09. The Hall–Kier alpha value is -0.490. The van der Waals surface area contributed by atoms with Crippen molar-refractivity contribution in [1.29, 1.82) is 0 Å². The summed E-state index contributed by atoms with van der Waals surface area (Å²) in [7, 11) is -3.29. The van der Waals surface area contributed by atoms with Crippen molar-refractivity contribution >= 4 is 38.9 Å². The number of piperazine rings is 1. The molecular formula is C11H14Cl2N2O2S. The first-order valence-electron chi connectivity index (χ1n) is 5.57. The van der Waals surface area contributed by atoms with E-state index in [1.54, 1.807) is 0 Å². The van der Waals surface area contributed by atoms with E-state index >= 15 is 0 Å². The highest BCUT2D eigenvalue weighted by Gasteiger charge is 2.26. The lowest BCUT2D eigenvalue weighted by Gasteiger charge is -2.35. The number of hydrogen-bond acceptors (Lipinski definition) is 3. The van der Waals surface area contributed by atoms with Crippen molar-refractivity contribution in [2.24, 2.45) is 0 Å². The molecule has 7 heteroatoms. The number of anilines is 1. The minimum absolute atomic E-state index is 0.357. The first-order valence-corrected chi connectivity index (χ1v) is 8.09. The van der Waals surface area contributed by atoms with Gasteiger partial charge < -0.3 is 4.90 Å².